The number of hydrogen-bond acceptors (Lipinski definition) is 2. The molecule has 0 aliphatic carbocycles. The molecule has 2 aromatic rings. The molecule has 1 aliphatic rings. The molecule has 2 N–H and O–H groups in total. The topological polar surface area (TPSA) is 61.4 Å². The van der Waals surface area contributed by atoms with Crippen LogP contribution in [0.1, 0.15) is 31.4 Å². The Morgan fingerprint density at radius 3 is 2.52 bits per heavy atom. The van der Waals surface area contributed by atoms with Gasteiger partial charge in [-0.25, -0.2) is 4.79 Å². The first-order valence-electron chi connectivity index (χ1n) is 9.20. The minimum Gasteiger partial charge on any atom is -0.349 e. The highest BCUT2D eigenvalue weighted by Gasteiger charge is 2.29. The molecule has 0 unspecified atom stereocenters. The molecule has 1 heterocycles. The Morgan fingerprint density at radius 1 is 1.11 bits per heavy atom. The molecule has 2 aromatic carbocycles. The van der Waals surface area contributed by atoms with Gasteiger partial charge in [0.25, 0.3) is 0 Å². The quantitative estimate of drug-likeness (QED) is 0.816. The van der Waals surface area contributed by atoms with Gasteiger partial charge in [0.15, 0.2) is 0 Å². The van der Waals surface area contributed by atoms with Crippen molar-refractivity contribution in [2.75, 3.05) is 18.4 Å². The van der Waals surface area contributed by atoms with Crippen LogP contribution in [0.2, 0.25) is 5.02 Å². The molecular formula is C21H24ClN3O2. The van der Waals surface area contributed by atoms with Crippen molar-refractivity contribution in [1.82, 2.24) is 10.2 Å². The second kappa shape index (κ2) is 8.91. The van der Waals surface area contributed by atoms with Crippen LogP contribution in [0.4, 0.5) is 10.5 Å². The van der Waals surface area contributed by atoms with E-state index in [0.717, 1.165) is 24.1 Å². The van der Waals surface area contributed by atoms with Crippen molar-refractivity contribution in [1.29, 1.82) is 0 Å². The summed E-state index contributed by atoms with van der Waals surface area (Å²) in [6.45, 7) is 3.04. The molecule has 0 saturated carbocycles. The first kappa shape index (κ1) is 19.2. The van der Waals surface area contributed by atoms with Gasteiger partial charge in [-0.15, -0.1) is 0 Å². The standard InChI is InChI=1S/C21H24ClN3O2/c1-15(16-9-11-18(22)12-10-16)23-20(26)17-6-5-13-25(14-17)21(27)24-19-7-3-2-4-8-19/h2-4,7-12,15,17H,5-6,13-14H2,1H3,(H,23,26)(H,24,27)/t15-,17+/m1/s1. The number of piperidine rings is 1. The highest BCUT2D eigenvalue weighted by Crippen LogP contribution is 2.21. The average molecular weight is 386 g/mol. The predicted molar refractivity (Wildman–Crippen MR) is 108 cm³/mol. The highest BCUT2D eigenvalue weighted by molar-refractivity contribution is 6.30. The normalized spacial score (nSPS) is 17.9. The molecule has 6 heteroatoms. The van der Waals surface area contributed by atoms with Crippen LogP contribution < -0.4 is 10.6 Å². The number of para-hydroxylation sites is 1. The van der Waals surface area contributed by atoms with E-state index in [1.54, 1.807) is 4.90 Å². The van der Waals surface area contributed by atoms with E-state index < -0.39 is 0 Å². The van der Waals surface area contributed by atoms with Crippen molar-refractivity contribution in [3.8, 4) is 0 Å². The molecule has 0 spiro atoms. The van der Waals surface area contributed by atoms with Gasteiger partial charge >= 0.3 is 6.03 Å². The Hall–Kier alpha value is -2.53. The van der Waals surface area contributed by atoms with Crippen LogP contribution in [-0.2, 0) is 4.79 Å². The smallest absolute Gasteiger partial charge is 0.321 e. The summed E-state index contributed by atoms with van der Waals surface area (Å²) in [6.07, 6.45) is 1.60. The lowest BCUT2D eigenvalue weighted by Crippen LogP contribution is -2.47. The van der Waals surface area contributed by atoms with Crippen molar-refractivity contribution in [3.05, 3.63) is 65.2 Å². The van der Waals surface area contributed by atoms with E-state index in [9.17, 15) is 9.59 Å². The Morgan fingerprint density at radius 2 is 1.81 bits per heavy atom. The molecule has 1 aliphatic heterocycles. The fraction of sp³-hybridized carbons (Fsp3) is 0.333. The molecule has 1 saturated heterocycles. The number of likely N-dealkylation sites (tertiary alicyclic amines) is 1. The van der Waals surface area contributed by atoms with Crippen LogP contribution in [-0.4, -0.2) is 29.9 Å². The van der Waals surface area contributed by atoms with Gasteiger partial charge in [-0.3, -0.25) is 4.79 Å². The first-order valence-corrected chi connectivity index (χ1v) is 9.57. The van der Waals surface area contributed by atoms with Gasteiger partial charge in [0.1, 0.15) is 0 Å². The number of benzene rings is 2. The molecule has 2 atom stereocenters. The van der Waals surface area contributed by atoms with E-state index in [1.165, 1.54) is 0 Å². The molecule has 0 bridgehead atoms. The zero-order valence-corrected chi connectivity index (χ0v) is 16.1. The van der Waals surface area contributed by atoms with Crippen LogP contribution in [0.3, 0.4) is 0 Å². The van der Waals surface area contributed by atoms with Crippen molar-refractivity contribution in [2.24, 2.45) is 5.92 Å². The Bertz CT molecular complexity index is 780. The number of amides is 3. The molecule has 27 heavy (non-hydrogen) atoms. The van der Waals surface area contributed by atoms with E-state index in [4.69, 9.17) is 11.6 Å². The molecule has 1 fully saturated rings. The van der Waals surface area contributed by atoms with Crippen LogP contribution in [0.25, 0.3) is 0 Å². The number of rotatable bonds is 4. The molecule has 142 valence electrons. The van der Waals surface area contributed by atoms with Gasteiger partial charge in [-0.1, -0.05) is 41.9 Å². The lowest BCUT2D eigenvalue weighted by Gasteiger charge is -2.32. The van der Waals surface area contributed by atoms with Crippen LogP contribution in [0, 0.1) is 5.92 Å². The van der Waals surface area contributed by atoms with Crippen molar-refractivity contribution in [3.63, 3.8) is 0 Å². The monoisotopic (exact) mass is 385 g/mol. The first-order chi connectivity index (χ1) is 13.0. The maximum atomic E-state index is 12.7. The van der Waals surface area contributed by atoms with Crippen LogP contribution >= 0.6 is 11.6 Å². The SMILES string of the molecule is C[C@@H](NC(=O)[C@H]1CCCN(C(=O)Nc2ccccc2)C1)c1ccc(Cl)cc1. The predicted octanol–water partition coefficient (Wildman–Crippen LogP) is 4.46. The maximum absolute atomic E-state index is 12.7. The summed E-state index contributed by atoms with van der Waals surface area (Å²) < 4.78 is 0. The van der Waals surface area contributed by atoms with Crippen LogP contribution in [0.15, 0.2) is 54.6 Å². The Kier molecular flexibility index (Phi) is 6.35. The largest absolute Gasteiger partial charge is 0.349 e. The molecule has 5 nitrogen and oxygen atoms in total. The molecule has 3 amide bonds. The zero-order valence-electron chi connectivity index (χ0n) is 15.3. The molecule has 0 aromatic heterocycles. The van der Waals surface area contributed by atoms with E-state index in [-0.39, 0.29) is 23.9 Å². The average Bonchev–Trinajstić information content (AvgIpc) is 2.69. The third kappa shape index (κ3) is 5.23. The number of hydrogen-bond donors (Lipinski definition) is 2. The lowest BCUT2D eigenvalue weighted by atomic mass is 9.96. The number of nitrogens with one attached hydrogen (secondary N) is 2. The summed E-state index contributed by atoms with van der Waals surface area (Å²) in [5.41, 5.74) is 1.76. The van der Waals surface area contributed by atoms with Crippen molar-refractivity contribution >= 4 is 29.2 Å². The van der Waals surface area contributed by atoms with E-state index in [2.05, 4.69) is 10.6 Å². The number of anilines is 1. The number of carbonyl (C=O) groups is 2. The van der Waals surface area contributed by atoms with Gasteiger partial charge in [0.05, 0.1) is 12.0 Å². The highest BCUT2D eigenvalue weighted by atomic mass is 35.5. The second-order valence-electron chi connectivity index (χ2n) is 6.86. The summed E-state index contributed by atoms with van der Waals surface area (Å²) >= 11 is 5.92. The summed E-state index contributed by atoms with van der Waals surface area (Å²) in [4.78, 5) is 26.9. The third-order valence-corrected chi connectivity index (χ3v) is 5.09. The number of halogens is 1. The number of urea groups is 1. The Balaban J connectivity index is 1.56. The number of nitrogens with zero attached hydrogens (tertiary/aromatic N) is 1. The number of carbonyl (C=O) groups excluding carboxylic acids is 2. The van der Waals surface area contributed by atoms with Gasteiger partial charge in [-0.05, 0) is 49.6 Å². The Labute approximate surface area is 164 Å². The summed E-state index contributed by atoms with van der Waals surface area (Å²) in [6, 6.07) is 16.5. The van der Waals surface area contributed by atoms with E-state index in [0.29, 0.717) is 18.1 Å². The summed E-state index contributed by atoms with van der Waals surface area (Å²) in [5, 5.41) is 6.61. The lowest BCUT2D eigenvalue weighted by molar-refractivity contribution is -0.126. The van der Waals surface area contributed by atoms with Crippen molar-refractivity contribution < 1.29 is 9.59 Å². The molecule has 3 rings (SSSR count). The van der Waals surface area contributed by atoms with Crippen LogP contribution in [0.5, 0.6) is 0 Å². The van der Waals surface area contributed by atoms with Gasteiger partial charge in [0, 0.05) is 23.8 Å². The molecular weight excluding hydrogens is 362 g/mol. The fourth-order valence-electron chi connectivity index (χ4n) is 3.27. The maximum Gasteiger partial charge on any atom is 0.321 e. The van der Waals surface area contributed by atoms with E-state index >= 15 is 0 Å². The van der Waals surface area contributed by atoms with Gasteiger partial charge in [0.2, 0.25) is 5.91 Å². The second-order valence-corrected chi connectivity index (χ2v) is 7.30. The minimum absolute atomic E-state index is 0.0188. The third-order valence-electron chi connectivity index (χ3n) is 4.83. The zero-order chi connectivity index (χ0) is 19.2. The summed E-state index contributed by atoms with van der Waals surface area (Å²) in [5.74, 6) is -0.218. The van der Waals surface area contributed by atoms with Gasteiger partial charge in [-0.2, -0.15) is 0 Å². The molecule has 0 radical (unpaired) electrons. The van der Waals surface area contributed by atoms with Crippen molar-refractivity contribution in [2.45, 2.75) is 25.8 Å². The summed E-state index contributed by atoms with van der Waals surface area (Å²) in [7, 11) is 0. The fourth-order valence-corrected chi connectivity index (χ4v) is 3.39. The minimum atomic E-state index is -0.199. The van der Waals surface area contributed by atoms with E-state index in [1.807, 2.05) is 61.5 Å². The van der Waals surface area contributed by atoms with Gasteiger partial charge < -0.3 is 15.5 Å².